The summed E-state index contributed by atoms with van der Waals surface area (Å²) in [5.41, 5.74) is -1.05. The topological polar surface area (TPSA) is 44.0 Å². The fraction of sp³-hybridized carbons (Fsp3) is 0.917. The second kappa shape index (κ2) is 3.55. The highest BCUT2D eigenvalue weighted by atomic mass is 16.3. The highest BCUT2D eigenvalue weighted by Gasteiger charge is 2.52. The van der Waals surface area contributed by atoms with E-state index >= 15 is 0 Å². The predicted octanol–water partition coefficient (Wildman–Crippen LogP) is 2.77. The first kappa shape index (κ1) is 9.98. The molecule has 0 aromatic heterocycles. The average Bonchev–Trinajstić information content (AvgIpc) is 2.68. The molecule has 0 radical (unpaired) electrons. The number of hydrogen-bond donors (Lipinski definition) is 1. The summed E-state index contributed by atoms with van der Waals surface area (Å²) in [6, 6.07) is 2.44. The van der Waals surface area contributed by atoms with Crippen LogP contribution in [-0.4, -0.2) is 10.7 Å². The molecule has 0 aromatic carbocycles. The van der Waals surface area contributed by atoms with Crippen molar-refractivity contribution in [2.24, 2.45) is 5.41 Å². The van der Waals surface area contributed by atoms with Crippen molar-refractivity contribution in [3.05, 3.63) is 0 Å². The van der Waals surface area contributed by atoms with Gasteiger partial charge in [0, 0.05) is 0 Å². The van der Waals surface area contributed by atoms with Gasteiger partial charge >= 0.3 is 0 Å². The zero-order valence-electron chi connectivity index (χ0n) is 8.76. The molecule has 1 N–H and O–H groups in total. The van der Waals surface area contributed by atoms with Gasteiger partial charge in [0.25, 0.3) is 0 Å². The van der Waals surface area contributed by atoms with Crippen molar-refractivity contribution < 1.29 is 5.11 Å². The van der Waals surface area contributed by atoms with Crippen LogP contribution in [0.4, 0.5) is 0 Å². The van der Waals surface area contributed by atoms with Crippen LogP contribution in [0, 0.1) is 16.7 Å². The minimum atomic E-state index is -0.656. The molecule has 2 fully saturated rings. The molecule has 0 unspecified atom stereocenters. The molecule has 14 heavy (non-hydrogen) atoms. The van der Waals surface area contributed by atoms with E-state index in [9.17, 15) is 10.4 Å². The molecule has 2 rings (SSSR count). The summed E-state index contributed by atoms with van der Waals surface area (Å²) in [5, 5.41) is 19.9. The van der Waals surface area contributed by atoms with Gasteiger partial charge in [-0.15, -0.1) is 0 Å². The fourth-order valence-corrected chi connectivity index (χ4v) is 3.27. The molecule has 0 bridgehead atoms. The minimum absolute atomic E-state index is 0.395. The van der Waals surface area contributed by atoms with E-state index in [2.05, 4.69) is 6.07 Å². The van der Waals surface area contributed by atoms with Crippen LogP contribution in [-0.2, 0) is 0 Å². The molecule has 2 saturated carbocycles. The number of rotatable bonds is 1. The van der Waals surface area contributed by atoms with E-state index < -0.39 is 11.0 Å². The quantitative estimate of drug-likeness (QED) is 0.696. The second-order valence-corrected chi connectivity index (χ2v) is 4.99. The lowest BCUT2D eigenvalue weighted by molar-refractivity contribution is -0.0800. The second-order valence-electron chi connectivity index (χ2n) is 4.99. The van der Waals surface area contributed by atoms with Gasteiger partial charge in [-0.25, -0.2) is 0 Å². The standard InChI is InChI=1S/C12H19NO/c13-10-11(6-4-5-7-11)12(14)8-2-1-3-9-12/h14H,1-9H2. The van der Waals surface area contributed by atoms with Crippen molar-refractivity contribution in [2.75, 3.05) is 0 Å². The van der Waals surface area contributed by atoms with Crippen LogP contribution >= 0.6 is 0 Å². The highest BCUT2D eigenvalue weighted by molar-refractivity contribution is 5.14. The Kier molecular flexibility index (Phi) is 2.53. The number of nitriles is 1. The van der Waals surface area contributed by atoms with E-state index in [1.807, 2.05) is 0 Å². The van der Waals surface area contributed by atoms with Crippen LogP contribution in [0.5, 0.6) is 0 Å². The molecule has 2 aliphatic carbocycles. The normalized spacial score (nSPS) is 29.7. The zero-order valence-corrected chi connectivity index (χ0v) is 8.76. The Bertz CT molecular complexity index is 242. The number of hydrogen-bond acceptors (Lipinski definition) is 2. The van der Waals surface area contributed by atoms with Crippen LogP contribution in [0.2, 0.25) is 0 Å². The SMILES string of the molecule is N#CC1(C2(O)CCCCC2)CCCC1. The lowest BCUT2D eigenvalue weighted by Crippen LogP contribution is -2.47. The average molecular weight is 193 g/mol. The van der Waals surface area contributed by atoms with E-state index in [1.54, 1.807) is 0 Å². The van der Waals surface area contributed by atoms with Crippen LogP contribution < -0.4 is 0 Å². The van der Waals surface area contributed by atoms with E-state index in [0.29, 0.717) is 0 Å². The first-order valence-corrected chi connectivity index (χ1v) is 5.86. The molecule has 0 atom stereocenters. The Balaban J connectivity index is 2.21. The predicted molar refractivity (Wildman–Crippen MR) is 54.5 cm³/mol. The molecule has 0 aromatic rings. The summed E-state index contributed by atoms with van der Waals surface area (Å²) in [6.07, 6.45) is 9.19. The summed E-state index contributed by atoms with van der Waals surface area (Å²) in [4.78, 5) is 0. The van der Waals surface area contributed by atoms with Gasteiger partial charge in [0.05, 0.1) is 17.1 Å². The Hall–Kier alpha value is -0.550. The summed E-state index contributed by atoms with van der Waals surface area (Å²) >= 11 is 0. The Labute approximate surface area is 85.9 Å². The van der Waals surface area contributed by atoms with Crippen molar-refractivity contribution >= 4 is 0 Å². The van der Waals surface area contributed by atoms with Crippen molar-refractivity contribution in [2.45, 2.75) is 63.4 Å². The third-order valence-corrected chi connectivity index (χ3v) is 4.24. The first-order valence-electron chi connectivity index (χ1n) is 5.86. The third-order valence-electron chi connectivity index (χ3n) is 4.24. The molecule has 2 nitrogen and oxygen atoms in total. The highest BCUT2D eigenvalue weighted by Crippen LogP contribution is 2.51. The molecule has 0 spiro atoms. The molecule has 78 valence electrons. The Morgan fingerprint density at radius 1 is 0.857 bits per heavy atom. The first-order chi connectivity index (χ1) is 6.72. The van der Waals surface area contributed by atoms with Crippen molar-refractivity contribution in [3.63, 3.8) is 0 Å². The van der Waals surface area contributed by atoms with Gasteiger partial charge in [-0.3, -0.25) is 0 Å². The number of nitrogens with zero attached hydrogens (tertiary/aromatic N) is 1. The smallest absolute Gasteiger partial charge is 0.0860 e. The van der Waals surface area contributed by atoms with Gasteiger partial charge in [0.1, 0.15) is 0 Å². The summed E-state index contributed by atoms with van der Waals surface area (Å²) < 4.78 is 0. The van der Waals surface area contributed by atoms with E-state index in [4.69, 9.17) is 0 Å². The molecule has 2 heteroatoms. The van der Waals surface area contributed by atoms with E-state index in [-0.39, 0.29) is 0 Å². The van der Waals surface area contributed by atoms with Gasteiger partial charge in [0.2, 0.25) is 0 Å². The lowest BCUT2D eigenvalue weighted by atomic mass is 9.65. The largest absolute Gasteiger partial charge is 0.388 e. The Morgan fingerprint density at radius 3 is 1.86 bits per heavy atom. The van der Waals surface area contributed by atoms with Crippen molar-refractivity contribution in [1.29, 1.82) is 5.26 Å². The molecule has 2 aliphatic rings. The summed E-state index contributed by atoms with van der Waals surface area (Å²) in [7, 11) is 0. The fourth-order valence-electron chi connectivity index (χ4n) is 3.27. The number of aliphatic hydroxyl groups is 1. The lowest BCUT2D eigenvalue weighted by Gasteiger charge is -2.43. The molecular weight excluding hydrogens is 174 g/mol. The van der Waals surface area contributed by atoms with Crippen LogP contribution in [0.3, 0.4) is 0 Å². The summed E-state index contributed by atoms with van der Waals surface area (Å²) in [6.45, 7) is 0. The van der Waals surface area contributed by atoms with Crippen molar-refractivity contribution in [3.8, 4) is 6.07 Å². The Morgan fingerprint density at radius 2 is 1.36 bits per heavy atom. The maximum absolute atomic E-state index is 10.6. The van der Waals surface area contributed by atoms with Gasteiger partial charge < -0.3 is 5.11 Å². The molecule has 0 saturated heterocycles. The monoisotopic (exact) mass is 193 g/mol. The van der Waals surface area contributed by atoms with Crippen LogP contribution in [0.15, 0.2) is 0 Å². The zero-order chi connectivity index (χ0) is 10.1. The van der Waals surface area contributed by atoms with Gasteiger partial charge in [-0.2, -0.15) is 5.26 Å². The molecular formula is C12H19NO. The van der Waals surface area contributed by atoms with Gasteiger partial charge in [0.15, 0.2) is 0 Å². The third kappa shape index (κ3) is 1.35. The maximum Gasteiger partial charge on any atom is 0.0860 e. The van der Waals surface area contributed by atoms with Crippen molar-refractivity contribution in [1.82, 2.24) is 0 Å². The molecule has 0 amide bonds. The van der Waals surface area contributed by atoms with Crippen LogP contribution in [0.25, 0.3) is 0 Å². The molecule has 0 aliphatic heterocycles. The molecule has 0 heterocycles. The van der Waals surface area contributed by atoms with E-state index in [0.717, 1.165) is 51.4 Å². The van der Waals surface area contributed by atoms with Gasteiger partial charge in [-0.05, 0) is 25.7 Å². The maximum atomic E-state index is 10.6. The van der Waals surface area contributed by atoms with Crippen LogP contribution in [0.1, 0.15) is 57.8 Å². The minimum Gasteiger partial charge on any atom is -0.388 e. The van der Waals surface area contributed by atoms with Gasteiger partial charge in [-0.1, -0.05) is 32.1 Å². The summed E-state index contributed by atoms with van der Waals surface area (Å²) in [5.74, 6) is 0. The van der Waals surface area contributed by atoms with E-state index in [1.165, 1.54) is 6.42 Å².